The Morgan fingerprint density at radius 3 is 2.29 bits per heavy atom. The molecule has 0 amide bonds. The molecular formula is C23H25F2N3O5S. The third-order valence-electron chi connectivity index (χ3n) is 6.50. The van der Waals surface area contributed by atoms with Gasteiger partial charge in [-0.25, -0.2) is 17.2 Å². The highest BCUT2D eigenvalue weighted by molar-refractivity contribution is 7.89. The van der Waals surface area contributed by atoms with Crippen molar-refractivity contribution in [1.82, 2.24) is 4.31 Å². The van der Waals surface area contributed by atoms with Gasteiger partial charge < -0.3 is 4.90 Å². The van der Waals surface area contributed by atoms with Crippen LogP contribution in [0.3, 0.4) is 0 Å². The Labute approximate surface area is 196 Å². The smallest absolute Gasteiger partial charge is 0.293 e. The van der Waals surface area contributed by atoms with E-state index in [0.29, 0.717) is 25.9 Å². The Kier molecular flexibility index (Phi) is 6.94. The molecule has 2 saturated heterocycles. The van der Waals surface area contributed by atoms with Gasteiger partial charge in [0.2, 0.25) is 10.0 Å². The number of hydrogen-bond donors (Lipinski definition) is 0. The van der Waals surface area contributed by atoms with Gasteiger partial charge in [0, 0.05) is 38.2 Å². The van der Waals surface area contributed by atoms with Crippen molar-refractivity contribution in [3.05, 3.63) is 63.7 Å². The molecule has 0 saturated carbocycles. The summed E-state index contributed by atoms with van der Waals surface area (Å²) >= 11 is 0. The number of Topliss-reactive ketones (excluding diaryl/α,β-unsaturated/α-hetero) is 1. The van der Waals surface area contributed by atoms with E-state index in [1.54, 1.807) is 4.90 Å². The number of nitro benzene ring substituents is 1. The molecule has 2 aromatic rings. The second-order valence-corrected chi connectivity index (χ2v) is 10.6. The Morgan fingerprint density at radius 2 is 1.65 bits per heavy atom. The molecule has 2 aliphatic rings. The molecule has 0 radical (unpaired) electrons. The van der Waals surface area contributed by atoms with E-state index >= 15 is 0 Å². The highest BCUT2D eigenvalue weighted by Gasteiger charge is 2.32. The molecule has 8 nitrogen and oxygen atoms in total. The number of carbonyl (C=O) groups is 1. The van der Waals surface area contributed by atoms with E-state index in [1.807, 2.05) is 0 Å². The number of rotatable bonds is 6. The summed E-state index contributed by atoms with van der Waals surface area (Å²) in [6.45, 7) is 1.36. The van der Waals surface area contributed by atoms with Gasteiger partial charge in [-0.15, -0.1) is 0 Å². The van der Waals surface area contributed by atoms with Gasteiger partial charge in [0.1, 0.15) is 17.3 Å². The van der Waals surface area contributed by atoms with E-state index < -0.39 is 38.3 Å². The van der Waals surface area contributed by atoms with Crippen LogP contribution in [-0.4, -0.2) is 49.6 Å². The van der Waals surface area contributed by atoms with Crippen LogP contribution in [0.4, 0.5) is 20.2 Å². The molecule has 0 spiro atoms. The minimum atomic E-state index is -3.82. The SMILES string of the molecule is O=C(c1cc(F)ccc1F)C1CCN(c2ccc(S(=O)(=O)N3CCCCC3)cc2[N+](=O)[O-])CC1. The van der Waals surface area contributed by atoms with Gasteiger partial charge in [0.25, 0.3) is 5.69 Å². The van der Waals surface area contributed by atoms with E-state index in [2.05, 4.69) is 0 Å². The van der Waals surface area contributed by atoms with E-state index in [9.17, 15) is 32.1 Å². The number of anilines is 1. The quantitative estimate of drug-likeness (QED) is 0.341. The topological polar surface area (TPSA) is 101 Å². The summed E-state index contributed by atoms with van der Waals surface area (Å²) in [5, 5.41) is 11.8. The first-order chi connectivity index (χ1) is 16.2. The third-order valence-corrected chi connectivity index (χ3v) is 8.39. The number of benzene rings is 2. The zero-order chi connectivity index (χ0) is 24.5. The number of piperidine rings is 2. The molecule has 11 heteroatoms. The van der Waals surface area contributed by atoms with Gasteiger partial charge in [-0.2, -0.15) is 4.31 Å². The van der Waals surface area contributed by atoms with E-state index in [-0.39, 0.29) is 34.9 Å². The molecule has 0 bridgehead atoms. The molecule has 2 fully saturated rings. The van der Waals surface area contributed by atoms with Gasteiger partial charge in [-0.3, -0.25) is 14.9 Å². The first-order valence-electron chi connectivity index (χ1n) is 11.2. The zero-order valence-electron chi connectivity index (χ0n) is 18.5. The maximum Gasteiger partial charge on any atom is 0.293 e. The van der Waals surface area contributed by atoms with Crippen LogP contribution in [0.1, 0.15) is 42.5 Å². The summed E-state index contributed by atoms with van der Waals surface area (Å²) in [4.78, 5) is 25.5. The van der Waals surface area contributed by atoms with Crippen molar-refractivity contribution < 1.29 is 26.9 Å². The largest absolute Gasteiger partial charge is 0.366 e. The second-order valence-electron chi connectivity index (χ2n) is 8.62. The summed E-state index contributed by atoms with van der Waals surface area (Å²) in [5.41, 5.74) is -0.346. The highest BCUT2D eigenvalue weighted by atomic mass is 32.2. The normalized spacial score (nSPS) is 18.1. The van der Waals surface area contributed by atoms with Gasteiger partial charge in [-0.05, 0) is 56.0 Å². The lowest BCUT2D eigenvalue weighted by molar-refractivity contribution is -0.384. The minimum absolute atomic E-state index is 0.114. The average Bonchev–Trinajstić information content (AvgIpc) is 2.85. The van der Waals surface area contributed by atoms with Crippen molar-refractivity contribution >= 4 is 27.2 Å². The molecule has 0 atom stereocenters. The van der Waals surface area contributed by atoms with Gasteiger partial charge in [0.15, 0.2) is 5.78 Å². The number of carbonyl (C=O) groups excluding carboxylic acids is 1. The summed E-state index contributed by atoms with van der Waals surface area (Å²) < 4.78 is 54.7. The van der Waals surface area contributed by atoms with Gasteiger partial charge in [-0.1, -0.05) is 6.42 Å². The predicted octanol–water partition coefficient (Wildman–Crippen LogP) is 4.15. The molecule has 34 heavy (non-hydrogen) atoms. The van der Waals surface area contributed by atoms with E-state index in [4.69, 9.17) is 0 Å². The second kappa shape index (κ2) is 9.75. The highest BCUT2D eigenvalue weighted by Crippen LogP contribution is 2.35. The van der Waals surface area contributed by atoms with Crippen molar-refractivity contribution in [3.8, 4) is 0 Å². The lowest BCUT2D eigenvalue weighted by Crippen LogP contribution is -2.37. The van der Waals surface area contributed by atoms with Crippen molar-refractivity contribution in [2.75, 3.05) is 31.1 Å². The zero-order valence-corrected chi connectivity index (χ0v) is 19.3. The molecule has 0 unspecified atom stereocenters. The first kappa shape index (κ1) is 24.2. The Morgan fingerprint density at radius 1 is 0.971 bits per heavy atom. The fourth-order valence-corrected chi connectivity index (χ4v) is 6.16. The fourth-order valence-electron chi connectivity index (χ4n) is 4.62. The summed E-state index contributed by atoms with van der Waals surface area (Å²) in [7, 11) is -3.82. The number of sulfonamides is 1. The van der Waals surface area contributed by atoms with E-state index in [0.717, 1.165) is 43.5 Å². The van der Waals surface area contributed by atoms with Crippen LogP contribution < -0.4 is 4.90 Å². The molecule has 182 valence electrons. The number of hydrogen-bond acceptors (Lipinski definition) is 6. The maximum absolute atomic E-state index is 14.0. The van der Waals surface area contributed by atoms with Crippen LogP contribution in [0.5, 0.6) is 0 Å². The molecule has 4 rings (SSSR count). The lowest BCUT2D eigenvalue weighted by Gasteiger charge is -2.33. The predicted molar refractivity (Wildman–Crippen MR) is 121 cm³/mol. The Balaban J connectivity index is 1.52. The van der Waals surface area contributed by atoms with Gasteiger partial charge in [0.05, 0.1) is 15.4 Å². The summed E-state index contributed by atoms with van der Waals surface area (Å²) in [6, 6.07) is 6.66. The third kappa shape index (κ3) is 4.80. The maximum atomic E-state index is 14.0. The van der Waals surface area contributed by atoms with Gasteiger partial charge >= 0.3 is 0 Å². The summed E-state index contributed by atoms with van der Waals surface area (Å²) in [6.07, 6.45) is 3.08. The van der Waals surface area contributed by atoms with Crippen LogP contribution in [-0.2, 0) is 10.0 Å². The van der Waals surface area contributed by atoms with Crippen LogP contribution in [0.15, 0.2) is 41.3 Å². The number of ketones is 1. The monoisotopic (exact) mass is 493 g/mol. The number of nitrogens with zero attached hydrogens (tertiary/aromatic N) is 3. The molecular weight excluding hydrogens is 468 g/mol. The Bertz CT molecular complexity index is 1210. The van der Waals surface area contributed by atoms with Crippen molar-refractivity contribution in [1.29, 1.82) is 0 Å². The van der Waals surface area contributed by atoms with Crippen LogP contribution >= 0.6 is 0 Å². The molecule has 0 N–H and O–H groups in total. The minimum Gasteiger partial charge on any atom is -0.366 e. The van der Waals surface area contributed by atoms with Crippen LogP contribution in [0.2, 0.25) is 0 Å². The average molecular weight is 494 g/mol. The van der Waals surface area contributed by atoms with E-state index in [1.165, 1.54) is 16.4 Å². The fraction of sp³-hybridized carbons (Fsp3) is 0.435. The van der Waals surface area contributed by atoms with Crippen LogP contribution in [0, 0.1) is 27.7 Å². The van der Waals surface area contributed by atoms with Crippen molar-refractivity contribution in [2.24, 2.45) is 5.92 Å². The Hall–Kier alpha value is -2.92. The number of halogens is 2. The standard InChI is InChI=1S/C23H25F2N3O5S/c24-17-4-6-20(25)19(14-17)23(29)16-8-12-26(13-9-16)21-7-5-18(15-22(21)28(30)31)34(32,33)27-10-2-1-3-11-27/h4-7,14-16H,1-3,8-13H2. The number of nitro groups is 1. The molecule has 0 aromatic heterocycles. The molecule has 2 aromatic carbocycles. The first-order valence-corrected chi connectivity index (χ1v) is 12.7. The van der Waals surface area contributed by atoms with Crippen LogP contribution in [0.25, 0.3) is 0 Å². The molecule has 2 aliphatic heterocycles. The van der Waals surface area contributed by atoms with Crippen molar-refractivity contribution in [2.45, 2.75) is 37.0 Å². The van der Waals surface area contributed by atoms with Crippen molar-refractivity contribution in [3.63, 3.8) is 0 Å². The lowest BCUT2D eigenvalue weighted by atomic mass is 9.88. The summed E-state index contributed by atoms with van der Waals surface area (Å²) in [5.74, 6) is -2.51. The molecule has 2 heterocycles. The molecule has 0 aliphatic carbocycles.